The highest BCUT2D eigenvalue weighted by Gasteiger charge is 2.37. The maximum Gasteiger partial charge on any atom is 0.252 e. The number of ether oxygens (including phenoxy) is 1. The fourth-order valence-electron chi connectivity index (χ4n) is 5.26. The van der Waals surface area contributed by atoms with E-state index in [1.165, 1.54) is 17.7 Å². The average Bonchev–Trinajstić information content (AvgIpc) is 2.89. The number of nitrogens with two attached hydrogens (primary N) is 1. The third kappa shape index (κ3) is 6.25. The molecular weight excluding hydrogens is 489 g/mol. The normalized spacial score (nSPS) is 16.2. The summed E-state index contributed by atoms with van der Waals surface area (Å²) < 4.78 is 20.1. The molecule has 1 aliphatic heterocycles. The molecule has 0 spiro atoms. The number of aryl methyl sites for hydroxylation is 1. The molecule has 0 saturated carbocycles. The van der Waals surface area contributed by atoms with Crippen LogP contribution in [0.2, 0.25) is 0 Å². The van der Waals surface area contributed by atoms with E-state index in [0.717, 1.165) is 59.9 Å². The number of hydrogen-bond donors (Lipinski definition) is 2. The van der Waals surface area contributed by atoms with E-state index in [2.05, 4.69) is 33.8 Å². The van der Waals surface area contributed by atoms with Crippen molar-refractivity contribution in [2.75, 3.05) is 0 Å². The molecule has 5 heteroatoms. The van der Waals surface area contributed by atoms with E-state index in [1.54, 1.807) is 12.1 Å². The number of hydrogen-bond acceptors (Lipinski definition) is 3. The van der Waals surface area contributed by atoms with Crippen molar-refractivity contribution >= 4 is 17.6 Å². The lowest BCUT2D eigenvalue weighted by atomic mass is 9.81. The van der Waals surface area contributed by atoms with Gasteiger partial charge in [0, 0.05) is 5.57 Å². The first kappa shape index (κ1) is 28.2. The highest BCUT2D eigenvalue weighted by atomic mass is 19.1. The van der Waals surface area contributed by atoms with Crippen molar-refractivity contribution < 1.29 is 19.0 Å². The standard InChI is InChI=1S/C34H38FNO3/c1-5-6-7-10-26-20-30-28(32(37)31(26)33(36)38)21-29(34(4,39-30)19-8-9-22(2)3)25-13-11-23(12-14-25)24-15-17-27(35)18-16-24/h9,11-18,20-21,37H,5-8,10,19H2,1-4H3,(H2,36,38). The van der Waals surface area contributed by atoms with Crippen LogP contribution in [0.3, 0.4) is 0 Å². The summed E-state index contributed by atoms with van der Waals surface area (Å²) >= 11 is 0. The van der Waals surface area contributed by atoms with Crippen LogP contribution in [0, 0.1) is 5.82 Å². The van der Waals surface area contributed by atoms with Gasteiger partial charge in [-0.2, -0.15) is 0 Å². The van der Waals surface area contributed by atoms with E-state index in [9.17, 15) is 14.3 Å². The van der Waals surface area contributed by atoms with Crippen LogP contribution in [0.5, 0.6) is 11.5 Å². The summed E-state index contributed by atoms with van der Waals surface area (Å²) in [5.74, 6) is -0.472. The van der Waals surface area contributed by atoms with Gasteiger partial charge in [-0.25, -0.2) is 4.39 Å². The first-order chi connectivity index (χ1) is 18.6. The molecule has 4 nitrogen and oxygen atoms in total. The van der Waals surface area contributed by atoms with Crippen molar-refractivity contribution in [2.45, 2.75) is 71.8 Å². The van der Waals surface area contributed by atoms with Crippen LogP contribution in [-0.2, 0) is 6.42 Å². The molecule has 1 heterocycles. The van der Waals surface area contributed by atoms with Crippen LogP contribution in [0.15, 0.2) is 66.2 Å². The van der Waals surface area contributed by atoms with Crippen molar-refractivity contribution in [2.24, 2.45) is 5.73 Å². The smallest absolute Gasteiger partial charge is 0.252 e. The van der Waals surface area contributed by atoms with Gasteiger partial charge in [-0.15, -0.1) is 0 Å². The molecular formula is C34H38FNO3. The minimum Gasteiger partial charge on any atom is -0.506 e. The van der Waals surface area contributed by atoms with E-state index in [4.69, 9.17) is 10.5 Å². The Bertz CT molecular complexity index is 1400. The molecule has 1 unspecified atom stereocenters. The number of allylic oxidation sites excluding steroid dienone is 2. The molecule has 1 aliphatic rings. The molecule has 204 valence electrons. The molecule has 3 aromatic carbocycles. The summed E-state index contributed by atoms with van der Waals surface area (Å²) in [6.45, 7) is 8.36. The molecule has 39 heavy (non-hydrogen) atoms. The Balaban J connectivity index is 1.81. The van der Waals surface area contributed by atoms with Gasteiger partial charge in [-0.1, -0.05) is 67.8 Å². The lowest BCUT2D eigenvalue weighted by Crippen LogP contribution is -2.36. The highest BCUT2D eigenvalue weighted by molar-refractivity contribution is 6.01. The van der Waals surface area contributed by atoms with Crippen molar-refractivity contribution in [1.29, 1.82) is 0 Å². The number of aromatic hydroxyl groups is 1. The number of carbonyl (C=O) groups excluding carboxylic acids is 1. The maximum absolute atomic E-state index is 13.4. The van der Waals surface area contributed by atoms with Gasteiger partial charge in [0.15, 0.2) is 0 Å². The van der Waals surface area contributed by atoms with Gasteiger partial charge < -0.3 is 15.6 Å². The summed E-state index contributed by atoms with van der Waals surface area (Å²) in [4.78, 5) is 12.4. The highest BCUT2D eigenvalue weighted by Crippen LogP contribution is 2.48. The van der Waals surface area contributed by atoms with Gasteiger partial charge in [0.05, 0.1) is 11.1 Å². The number of phenols is 1. The van der Waals surface area contributed by atoms with E-state index in [0.29, 0.717) is 17.7 Å². The zero-order valence-electron chi connectivity index (χ0n) is 23.3. The predicted molar refractivity (Wildman–Crippen MR) is 157 cm³/mol. The lowest BCUT2D eigenvalue weighted by molar-refractivity contribution is 0.0996. The number of rotatable bonds is 10. The average molecular weight is 528 g/mol. The van der Waals surface area contributed by atoms with Gasteiger partial charge in [0.1, 0.15) is 22.9 Å². The van der Waals surface area contributed by atoms with Gasteiger partial charge in [-0.05, 0) is 93.0 Å². The van der Waals surface area contributed by atoms with Crippen LogP contribution in [0.25, 0.3) is 22.8 Å². The van der Waals surface area contributed by atoms with Crippen LogP contribution in [0.1, 0.15) is 86.8 Å². The molecule has 3 aromatic rings. The molecule has 0 aliphatic carbocycles. The van der Waals surface area contributed by atoms with Crippen LogP contribution >= 0.6 is 0 Å². The van der Waals surface area contributed by atoms with Gasteiger partial charge in [0.25, 0.3) is 5.91 Å². The SMILES string of the molecule is CCCCCc1cc2c(c(O)c1C(N)=O)C=C(c1ccc(-c3ccc(F)cc3)cc1)C(C)(CCC=C(C)C)O2. The van der Waals surface area contributed by atoms with Crippen molar-refractivity contribution in [1.82, 2.24) is 0 Å². The monoisotopic (exact) mass is 527 g/mol. The maximum atomic E-state index is 13.4. The Morgan fingerprint density at radius 3 is 2.23 bits per heavy atom. The van der Waals surface area contributed by atoms with Crippen LogP contribution in [0.4, 0.5) is 4.39 Å². The molecule has 0 aromatic heterocycles. The Hall–Kier alpha value is -3.86. The predicted octanol–water partition coefficient (Wildman–Crippen LogP) is 8.47. The second kappa shape index (κ2) is 11.9. The number of benzene rings is 3. The number of unbranched alkanes of at least 4 members (excludes halogenated alkanes) is 2. The summed E-state index contributed by atoms with van der Waals surface area (Å²) in [6, 6.07) is 16.3. The molecule has 0 radical (unpaired) electrons. The Morgan fingerprint density at radius 1 is 1.03 bits per heavy atom. The van der Waals surface area contributed by atoms with Gasteiger partial charge >= 0.3 is 0 Å². The number of carbonyl (C=O) groups is 1. The third-order valence-corrected chi connectivity index (χ3v) is 7.42. The van der Waals surface area contributed by atoms with Crippen LogP contribution < -0.4 is 10.5 Å². The zero-order chi connectivity index (χ0) is 28.2. The zero-order valence-corrected chi connectivity index (χ0v) is 23.3. The number of fused-ring (bicyclic) bond motifs is 1. The second-order valence-corrected chi connectivity index (χ2v) is 10.8. The summed E-state index contributed by atoms with van der Waals surface area (Å²) in [5.41, 5.74) is 11.4. The van der Waals surface area contributed by atoms with E-state index in [1.807, 2.05) is 36.4 Å². The fraction of sp³-hybridized carbons (Fsp3) is 0.324. The lowest BCUT2D eigenvalue weighted by Gasteiger charge is -2.38. The molecule has 4 rings (SSSR count). The Labute approximate surface area is 231 Å². The number of halogens is 1. The van der Waals surface area contributed by atoms with E-state index >= 15 is 0 Å². The minimum atomic E-state index is -0.669. The summed E-state index contributed by atoms with van der Waals surface area (Å²) in [7, 11) is 0. The summed E-state index contributed by atoms with van der Waals surface area (Å²) in [6.07, 6.45) is 9.30. The van der Waals surface area contributed by atoms with E-state index < -0.39 is 11.5 Å². The Morgan fingerprint density at radius 2 is 1.64 bits per heavy atom. The van der Waals surface area contributed by atoms with Gasteiger partial charge in [0.2, 0.25) is 0 Å². The minimum absolute atomic E-state index is 0.127. The summed E-state index contributed by atoms with van der Waals surface area (Å²) in [5, 5.41) is 11.3. The molecule has 1 amide bonds. The topological polar surface area (TPSA) is 72.5 Å². The Kier molecular flexibility index (Phi) is 8.59. The molecule has 1 atom stereocenters. The number of primary amides is 1. The number of amides is 1. The van der Waals surface area contributed by atoms with Crippen LogP contribution in [-0.4, -0.2) is 16.6 Å². The fourth-order valence-corrected chi connectivity index (χ4v) is 5.26. The molecule has 0 saturated heterocycles. The van der Waals surface area contributed by atoms with Crippen molar-refractivity contribution in [3.63, 3.8) is 0 Å². The molecule has 3 N–H and O–H groups in total. The third-order valence-electron chi connectivity index (χ3n) is 7.42. The molecule has 0 fully saturated rings. The first-order valence-corrected chi connectivity index (χ1v) is 13.7. The largest absolute Gasteiger partial charge is 0.506 e. The van der Waals surface area contributed by atoms with Crippen molar-refractivity contribution in [3.8, 4) is 22.6 Å². The second-order valence-electron chi connectivity index (χ2n) is 10.8. The first-order valence-electron chi connectivity index (χ1n) is 13.7. The molecule has 0 bridgehead atoms. The van der Waals surface area contributed by atoms with Crippen molar-refractivity contribution in [3.05, 3.63) is 94.3 Å². The van der Waals surface area contributed by atoms with Gasteiger partial charge in [-0.3, -0.25) is 4.79 Å². The van der Waals surface area contributed by atoms with E-state index in [-0.39, 0.29) is 17.1 Å². The quantitative estimate of drug-likeness (QED) is 0.205.